The van der Waals surface area contributed by atoms with E-state index in [0.29, 0.717) is 5.56 Å². The Morgan fingerprint density at radius 3 is 2.23 bits per heavy atom. The summed E-state index contributed by atoms with van der Waals surface area (Å²) in [4.78, 5) is 0. The van der Waals surface area contributed by atoms with E-state index in [2.05, 4.69) is 0 Å². The largest absolute Gasteiger partial charge is 0.394 e. The summed E-state index contributed by atoms with van der Waals surface area (Å²) in [5, 5.41) is 57.9. The van der Waals surface area contributed by atoms with E-state index in [0.717, 1.165) is 0 Å². The van der Waals surface area contributed by atoms with Gasteiger partial charge in [0.05, 0.1) is 13.0 Å². The number of aliphatic hydroxyl groups is 6. The standard InChI is InChI=1S/C14H20O8/c15-7-9-10(16)11(17)12(18)13(21-9)22-14(19,20)6-8-4-2-1-3-5-8/h1-5,9-13,15-20H,6-7H2/t9-,10-,11+,12-,13?/m1/s1. The third-order valence-corrected chi connectivity index (χ3v) is 3.43. The highest BCUT2D eigenvalue weighted by molar-refractivity contribution is 5.15. The lowest BCUT2D eigenvalue weighted by Gasteiger charge is -2.41. The first-order chi connectivity index (χ1) is 10.3. The number of ether oxygens (including phenoxy) is 2. The zero-order valence-electron chi connectivity index (χ0n) is 11.7. The number of benzene rings is 1. The first-order valence-electron chi connectivity index (χ1n) is 6.81. The minimum Gasteiger partial charge on any atom is -0.394 e. The van der Waals surface area contributed by atoms with Crippen molar-refractivity contribution >= 4 is 0 Å². The van der Waals surface area contributed by atoms with Gasteiger partial charge in [0.25, 0.3) is 5.97 Å². The Kier molecular flexibility index (Phi) is 5.48. The molecule has 8 heteroatoms. The fourth-order valence-electron chi connectivity index (χ4n) is 2.25. The highest BCUT2D eigenvalue weighted by Crippen LogP contribution is 2.25. The predicted molar refractivity (Wildman–Crippen MR) is 72.2 cm³/mol. The lowest BCUT2D eigenvalue weighted by atomic mass is 9.99. The van der Waals surface area contributed by atoms with Crippen molar-refractivity contribution in [2.75, 3.05) is 6.61 Å². The van der Waals surface area contributed by atoms with E-state index in [9.17, 15) is 25.5 Å². The molecule has 22 heavy (non-hydrogen) atoms. The lowest BCUT2D eigenvalue weighted by Crippen LogP contribution is -2.61. The molecular formula is C14H20O8. The van der Waals surface area contributed by atoms with Crippen molar-refractivity contribution < 1.29 is 40.1 Å². The van der Waals surface area contributed by atoms with Gasteiger partial charge in [-0.05, 0) is 5.56 Å². The van der Waals surface area contributed by atoms with Crippen molar-refractivity contribution in [1.82, 2.24) is 0 Å². The molecule has 1 aliphatic rings. The Morgan fingerprint density at radius 1 is 1.00 bits per heavy atom. The first-order valence-corrected chi connectivity index (χ1v) is 6.81. The molecule has 2 rings (SSSR count). The minimum absolute atomic E-state index is 0.303. The third-order valence-electron chi connectivity index (χ3n) is 3.43. The van der Waals surface area contributed by atoms with Crippen LogP contribution in [-0.2, 0) is 15.9 Å². The Balaban J connectivity index is 2.04. The molecule has 0 bridgehead atoms. The average Bonchev–Trinajstić information content (AvgIpc) is 2.48. The molecule has 1 aliphatic heterocycles. The van der Waals surface area contributed by atoms with Gasteiger partial charge in [-0.1, -0.05) is 30.3 Å². The van der Waals surface area contributed by atoms with Crippen LogP contribution in [0.4, 0.5) is 0 Å². The molecule has 1 aromatic rings. The van der Waals surface area contributed by atoms with E-state index in [1.54, 1.807) is 30.3 Å². The van der Waals surface area contributed by atoms with Crippen molar-refractivity contribution in [3.8, 4) is 0 Å². The van der Waals surface area contributed by atoms with Crippen LogP contribution in [0, 0.1) is 0 Å². The summed E-state index contributed by atoms with van der Waals surface area (Å²) in [7, 11) is 0. The topological polar surface area (TPSA) is 140 Å². The van der Waals surface area contributed by atoms with Crippen LogP contribution in [0.2, 0.25) is 0 Å². The molecule has 1 aromatic carbocycles. The van der Waals surface area contributed by atoms with Crippen molar-refractivity contribution in [3.05, 3.63) is 35.9 Å². The van der Waals surface area contributed by atoms with Crippen molar-refractivity contribution in [2.45, 2.75) is 43.1 Å². The Hall–Kier alpha value is -1.10. The summed E-state index contributed by atoms with van der Waals surface area (Å²) in [5.74, 6) is -2.66. The van der Waals surface area contributed by atoms with Crippen LogP contribution < -0.4 is 0 Å². The highest BCUT2D eigenvalue weighted by Gasteiger charge is 2.46. The summed E-state index contributed by atoms with van der Waals surface area (Å²) in [6.07, 6.45) is -8.00. The van der Waals surface area contributed by atoms with Crippen molar-refractivity contribution in [2.24, 2.45) is 0 Å². The summed E-state index contributed by atoms with van der Waals surface area (Å²) < 4.78 is 9.95. The second-order valence-electron chi connectivity index (χ2n) is 5.22. The van der Waals surface area contributed by atoms with Crippen LogP contribution in [0.15, 0.2) is 30.3 Å². The van der Waals surface area contributed by atoms with Gasteiger partial charge in [-0.3, -0.25) is 4.74 Å². The molecule has 6 N–H and O–H groups in total. The SMILES string of the molecule is OC[C@H]1OC(OC(O)(O)Cc2ccccc2)[C@H](O)[C@@H](O)[C@@H]1O. The maximum atomic E-state index is 9.88. The fraction of sp³-hybridized carbons (Fsp3) is 0.571. The molecular weight excluding hydrogens is 296 g/mol. The number of hydrogen-bond donors (Lipinski definition) is 6. The van der Waals surface area contributed by atoms with E-state index < -0.39 is 43.3 Å². The van der Waals surface area contributed by atoms with E-state index in [1.165, 1.54) is 0 Å². The van der Waals surface area contributed by atoms with Gasteiger partial charge in [0.2, 0.25) is 0 Å². The lowest BCUT2D eigenvalue weighted by molar-refractivity contribution is -0.420. The molecule has 1 fully saturated rings. The van der Waals surface area contributed by atoms with Gasteiger partial charge in [-0.15, -0.1) is 0 Å². The van der Waals surface area contributed by atoms with Crippen LogP contribution in [0.5, 0.6) is 0 Å². The van der Waals surface area contributed by atoms with E-state index in [4.69, 9.17) is 14.6 Å². The number of rotatable bonds is 5. The monoisotopic (exact) mass is 316 g/mol. The Labute approximate surface area is 126 Å². The zero-order valence-corrected chi connectivity index (χ0v) is 11.7. The normalized spacial score (nSPS) is 32.9. The number of aliphatic hydroxyl groups excluding tert-OH is 4. The quantitative estimate of drug-likeness (QED) is 0.333. The van der Waals surface area contributed by atoms with Crippen LogP contribution in [0.1, 0.15) is 5.56 Å². The van der Waals surface area contributed by atoms with E-state index in [-0.39, 0.29) is 6.42 Å². The fourth-order valence-corrected chi connectivity index (χ4v) is 2.25. The third kappa shape index (κ3) is 4.00. The molecule has 5 atom stereocenters. The van der Waals surface area contributed by atoms with Gasteiger partial charge in [-0.25, -0.2) is 0 Å². The second-order valence-corrected chi connectivity index (χ2v) is 5.22. The highest BCUT2D eigenvalue weighted by atomic mass is 16.8. The Bertz CT molecular complexity index is 463. The van der Waals surface area contributed by atoms with Gasteiger partial charge in [0.15, 0.2) is 6.29 Å². The average molecular weight is 316 g/mol. The zero-order chi connectivity index (χ0) is 16.3. The Morgan fingerprint density at radius 2 is 1.64 bits per heavy atom. The molecule has 1 saturated heterocycles. The molecule has 0 aliphatic carbocycles. The van der Waals surface area contributed by atoms with Gasteiger partial charge >= 0.3 is 0 Å². The van der Waals surface area contributed by atoms with Crippen LogP contribution >= 0.6 is 0 Å². The van der Waals surface area contributed by atoms with Crippen LogP contribution in [-0.4, -0.2) is 73.9 Å². The molecule has 0 aromatic heterocycles. The molecule has 0 amide bonds. The predicted octanol–water partition coefficient (Wildman–Crippen LogP) is -2.32. The molecule has 124 valence electrons. The minimum atomic E-state index is -2.66. The molecule has 8 nitrogen and oxygen atoms in total. The smallest absolute Gasteiger partial charge is 0.284 e. The summed E-state index contributed by atoms with van der Waals surface area (Å²) in [6.45, 7) is -0.632. The first kappa shape index (κ1) is 17.3. The maximum absolute atomic E-state index is 9.88. The molecule has 1 unspecified atom stereocenters. The van der Waals surface area contributed by atoms with Crippen molar-refractivity contribution in [3.63, 3.8) is 0 Å². The van der Waals surface area contributed by atoms with Crippen molar-refractivity contribution in [1.29, 1.82) is 0 Å². The molecule has 1 heterocycles. The number of hydrogen-bond acceptors (Lipinski definition) is 8. The van der Waals surface area contributed by atoms with Crippen LogP contribution in [0.25, 0.3) is 0 Å². The second kappa shape index (κ2) is 6.99. The summed E-state index contributed by atoms with van der Waals surface area (Å²) >= 11 is 0. The summed E-state index contributed by atoms with van der Waals surface area (Å²) in [5.41, 5.74) is 0.567. The van der Waals surface area contributed by atoms with Gasteiger partial charge in [0, 0.05) is 0 Å². The molecule has 0 saturated carbocycles. The van der Waals surface area contributed by atoms with Crippen LogP contribution in [0.3, 0.4) is 0 Å². The summed E-state index contributed by atoms with van der Waals surface area (Å²) in [6, 6.07) is 8.48. The van der Waals surface area contributed by atoms with E-state index in [1.807, 2.05) is 0 Å². The molecule has 0 radical (unpaired) electrons. The molecule has 0 spiro atoms. The van der Waals surface area contributed by atoms with Gasteiger partial charge in [0.1, 0.15) is 24.4 Å². The van der Waals surface area contributed by atoms with Gasteiger partial charge < -0.3 is 35.4 Å². The van der Waals surface area contributed by atoms with Gasteiger partial charge in [-0.2, -0.15) is 0 Å². The maximum Gasteiger partial charge on any atom is 0.284 e. The van der Waals surface area contributed by atoms with E-state index >= 15 is 0 Å².